The highest BCUT2D eigenvalue weighted by Gasteiger charge is 2.40. The normalized spacial score (nSPS) is 21.4. The molecular weight excluding hydrogens is 286 g/mol. The second kappa shape index (κ2) is 6.20. The maximum atomic E-state index is 10.7. The molecule has 0 spiro atoms. The Bertz CT molecular complexity index is 517. The molecule has 22 heavy (non-hydrogen) atoms. The standard InChI is InChI=1S/C15H21N3O4/c19-10-15(11-22-12-15)9-16-5-7-17(8-6-16)13-1-3-14(4-2-13)18(20)21/h1-4,19H,5-12H2. The Balaban J connectivity index is 1.54. The van der Waals surface area contributed by atoms with E-state index in [-0.39, 0.29) is 22.6 Å². The molecule has 2 heterocycles. The first-order valence-corrected chi connectivity index (χ1v) is 7.52. The summed E-state index contributed by atoms with van der Waals surface area (Å²) < 4.78 is 5.24. The van der Waals surface area contributed by atoms with E-state index >= 15 is 0 Å². The zero-order chi connectivity index (χ0) is 15.6. The highest BCUT2D eigenvalue weighted by atomic mass is 16.6. The fourth-order valence-electron chi connectivity index (χ4n) is 3.05. The highest BCUT2D eigenvalue weighted by Crippen LogP contribution is 2.29. The van der Waals surface area contributed by atoms with Gasteiger partial charge in [-0.1, -0.05) is 0 Å². The van der Waals surface area contributed by atoms with Gasteiger partial charge in [-0.15, -0.1) is 0 Å². The Kier molecular flexibility index (Phi) is 4.28. The minimum Gasteiger partial charge on any atom is -0.396 e. The number of nitro benzene ring substituents is 1. The quantitative estimate of drug-likeness (QED) is 0.638. The minimum atomic E-state index is -0.378. The Hall–Kier alpha value is -1.70. The molecule has 2 aliphatic rings. The molecule has 0 amide bonds. The fraction of sp³-hybridized carbons (Fsp3) is 0.600. The molecule has 3 rings (SSSR count). The number of rotatable bonds is 5. The Morgan fingerprint density at radius 1 is 1.18 bits per heavy atom. The summed E-state index contributed by atoms with van der Waals surface area (Å²) in [7, 11) is 0. The van der Waals surface area contributed by atoms with E-state index < -0.39 is 0 Å². The van der Waals surface area contributed by atoms with Crippen molar-refractivity contribution in [2.24, 2.45) is 5.41 Å². The SMILES string of the molecule is O=[N+]([O-])c1ccc(N2CCN(CC3(CO)COC3)CC2)cc1. The van der Waals surface area contributed by atoms with Crippen LogP contribution in [0.15, 0.2) is 24.3 Å². The maximum Gasteiger partial charge on any atom is 0.269 e. The molecule has 0 radical (unpaired) electrons. The summed E-state index contributed by atoms with van der Waals surface area (Å²) in [5, 5.41) is 20.2. The van der Waals surface area contributed by atoms with Crippen LogP contribution < -0.4 is 4.90 Å². The van der Waals surface area contributed by atoms with Gasteiger partial charge in [0, 0.05) is 50.5 Å². The maximum absolute atomic E-state index is 10.7. The van der Waals surface area contributed by atoms with Crippen molar-refractivity contribution in [3.63, 3.8) is 0 Å². The summed E-state index contributed by atoms with van der Waals surface area (Å²) in [6.07, 6.45) is 0. The lowest BCUT2D eigenvalue weighted by Crippen LogP contribution is -2.57. The van der Waals surface area contributed by atoms with Gasteiger partial charge in [-0.2, -0.15) is 0 Å². The zero-order valence-corrected chi connectivity index (χ0v) is 12.5. The average molecular weight is 307 g/mol. The molecule has 0 bridgehead atoms. The molecule has 2 saturated heterocycles. The minimum absolute atomic E-state index is 0.0739. The van der Waals surface area contributed by atoms with Crippen molar-refractivity contribution in [1.82, 2.24) is 4.90 Å². The monoisotopic (exact) mass is 307 g/mol. The van der Waals surface area contributed by atoms with Gasteiger partial charge in [-0.3, -0.25) is 15.0 Å². The van der Waals surface area contributed by atoms with Crippen LogP contribution in [0.1, 0.15) is 0 Å². The van der Waals surface area contributed by atoms with Crippen molar-refractivity contribution >= 4 is 11.4 Å². The number of nitrogens with zero attached hydrogens (tertiary/aromatic N) is 3. The number of ether oxygens (including phenoxy) is 1. The molecule has 2 aliphatic heterocycles. The molecule has 0 unspecified atom stereocenters. The molecule has 0 aromatic heterocycles. The van der Waals surface area contributed by atoms with Crippen LogP contribution in [0.2, 0.25) is 0 Å². The first kappa shape index (κ1) is 15.2. The zero-order valence-electron chi connectivity index (χ0n) is 12.5. The van der Waals surface area contributed by atoms with Crippen molar-refractivity contribution in [3.05, 3.63) is 34.4 Å². The molecule has 0 saturated carbocycles. The van der Waals surface area contributed by atoms with Gasteiger partial charge in [-0.05, 0) is 12.1 Å². The van der Waals surface area contributed by atoms with E-state index in [1.165, 1.54) is 0 Å². The highest BCUT2D eigenvalue weighted by molar-refractivity contribution is 5.51. The Labute approximate surface area is 129 Å². The van der Waals surface area contributed by atoms with E-state index in [9.17, 15) is 15.2 Å². The van der Waals surface area contributed by atoms with Crippen molar-refractivity contribution in [2.45, 2.75) is 0 Å². The van der Waals surface area contributed by atoms with Crippen molar-refractivity contribution in [1.29, 1.82) is 0 Å². The van der Waals surface area contributed by atoms with Crippen LogP contribution in [0.25, 0.3) is 0 Å². The largest absolute Gasteiger partial charge is 0.396 e. The number of benzene rings is 1. The third-order valence-electron chi connectivity index (χ3n) is 4.51. The number of aliphatic hydroxyl groups is 1. The smallest absolute Gasteiger partial charge is 0.269 e. The van der Waals surface area contributed by atoms with E-state index in [2.05, 4.69) is 9.80 Å². The van der Waals surface area contributed by atoms with Gasteiger partial charge in [0.25, 0.3) is 5.69 Å². The van der Waals surface area contributed by atoms with E-state index in [1.807, 2.05) is 12.1 Å². The first-order chi connectivity index (χ1) is 10.6. The first-order valence-electron chi connectivity index (χ1n) is 7.52. The molecule has 1 N–H and O–H groups in total. The topological polar surface area (TPSA) is 79.1 Å². The predicted octanol–water partition coefficient (Wildman–Crippen LogP) is 0.726. The number of aliphatic hydroxyl groups excluding tert-OH is 1. The molecule has 7 nitrogen and oxygen atoms in total. The molecule has 1 aromatic carbocycles. The lowest BCUT2D eigenvalue weighted by molar-refractivity contribution is -0.384. The van der Waals surface area contributed by atoms with E-state index in [1.54, 1.807) is 12.1 Å². The van der Waals surface area contributed by atoms with Crippen molar-refractivity contribution < 1.29 is 14.8 Å². The number of piperazine rings is 1. The van der Waals surface area contributed by atoms with E-state index in [4.69, 9.17) is 4.74 Å². The number of hydrogen-bond acceptors (Lipinski definition) is 6. The van der Waals surface area contributed by atoms with Gasteiger partial charge in [0.15, 0.2) is 0 Å². The van der Waals surface area contributed by atoms with E-state index in [0.717, 1.165) is 38.4 Å². The van der Waals surface area contributed by atoms with Gasteiger partial charge >= 0.3 is 0 Å². The van der Waals surface area contributed by atoms with Gasteiger partial charge in [0.05, 0.1) is 30.2 Å². The third kappa shape index (κ3) is 3.06. The van der Waals surface area contributed by atoms with Crippen LogP contribution in [0, 0.1) is 15.5 Å². The van der Waals surface area contributed by atoms with Crippen LogP contribution in [0.5, 0.6) is 0 Å². The Morgan fingerprint density at radius 2 is 1.82 bits per heavy atom. The second-order valence-electron chi connectivity index (χ2n) is 6.19. The van der Waals surface area contributed by atoms with Crippen molar-refractivity contribution in [2.75, 3.05) is 57.4 Å². The molecule has 2 fully saturated rings. The summed E-state index contributed by atoms with van der Waals surface area (Å²) in [6, 6.07) is 6.72. The summed E-state index contributed by atoms with van der Waals surface area (Å²) in [5.41, 5.74) is 1.07. The lowest BCUT2D eigenvalue weighted by Gasteiger charge is -2.45. The van der Waals surface area contributed by atoms with Crippen LogP contribution in [-0.4, -0.2) is 67.5 Å². The van der Waals surface area contributed by atoms with Gasteiger partial charge in [-0.25, -0.2) is 0 Å². The molecule has 7 heteroatoms. The van der Waals surface area contributed by atoms with Gasteiger partial charge in [0.1, 0.15) is 0 Å². The molecule has 0 aliphatic carbocycles. The molecule has 1 aromatic rings. The number of hydrogen-bond donors (Lipinski definition) is 1. The lowest BCUT2D eigenvalue weighted by atomic mass is 9.86. The second-order valence-corrected chi connectivity index (χ2v) is 6.19. The number of nitro groups is 1. The summed E-state index contributed by atoms with van der Waals surface area (Å²) >= 11 is 0. The summed E-state index contributed by atoms with van der Waals surface area (Å²) in [4.78, 5) is 14.9. The summed E-state index contributed by atoms with van der Waals surface area (Å²) in [6.45, 7) is 5.98. The number of anilines is 1. The third-order valence-corrected chi connectivity index (χ3v) is 4.51. The average Bonchev–Trinajstić information content (AvgIpc) is 2.52. The van der Waals surface area contributed by atoms with Gasteiger partial charge < -0.3 is 14.7 Å². The molecular formula is C15H21N3O4. The Morgan fingerprint density at radius 3 is 2.27 bits per heavy atom. The molecule has 0 atom stereocenters. The van der Waals surface area contributed by atoms with Crippen LogP contribution >= 0.6 is 0 Å². The van der Waals surface area contributed by atoms with Gasteiger partial charge in [0.2, 0.25) is 0 Å². The predicted molar refractivity (Wildman–Crippen MR) is 82.1 cm³/mol. The van der Waals surface area contributed by atoms with E-state index in [0.29, 0.717) is 13.2 Å². The van der Waals surface area contributed by atoms with Crippen LogP contribution in [-0.2, 0) is 4.74 Å². The van der Waals surface area contributed by atoms with Crippen LogP contribution in [0.3, 0.4) is 0 Å². The molecule has 120 valence electrons. The fourth-order valence-corrected chi connectivity index (χ4v) is 3.05. The number of non-ortho nitro benzene ring substituents is 1. The van der Waals surface area contributed by atoms with Crippen molar-refractivity contribution in [3.8, 4) is 0 Å². The van der Waals surface area contributed by atoms with Crippen LogP contribution in [0.4, 0.5) is 11.4 Å². The summed E-state index contributed by atoms with van der Waals surface area (Å²) in [5.74, 6) is 0.